The first kappa shape index (κ1) is 16.3. The predicted octanol–water partition coefficient (Wildman–Crippen LogP) is 3.29. The van der Waals surface area contributed by atoms with E-state index in [2.05, 4.69) is 27.9 Å². The largest absolute Gasteiger partial charge is 0.452 e. The van der Waals surface area contributed by atoms with E-state index in [0.717, 1.165) is 29.3 Å². The zero-order chi connectivity index (χ0) is 15.1. The lowest BCUT2D eigenvalue weighted by molar-refractivity contribution is -0.125. The molecule has 1 N–H and O–H groups in total. The molecule has 2 rings (SSSR count). The van der Waals surface area contributed by atoms with Crippen molar-refractivity contribution in [3.05, 3.63) is 33.4 Å². The molecule has 21 heavy (non-hydrogen) atoms. The van der Waals surface area contributed by atoms with E-state index in [-0.39, 0.29) is 18.6 Å². The summed E-state index contributed by atoms with van der Waals surface area (Å²) in [5.74, 6) is -0.655. The highest BCUT2D eigenvalue weighted by atomic mass is 127. The van der Waals surface area contributed by atoms with Gasteiger partial charge in [0.25, 0.3) is 5.91 Å². The third-order valence-corrected chi connectivity index (χ3v) is 4.59. The fraction of sp³-hybridized carbons (Fsp3) is 0.500. The quantitative estimate of drug-likeness (QED) is 0.479. The number of amides is 1. The molecule has 114 valence electrons. The normalized spacial score (nSPS) is 16.0. The molecule has 5 heteroatoms. The van der Waals surface area contributed by atoms with Gasteiger partial charge in [0.05, 0.1) is 5.56 Å². The van der Waals surface area contributed by atoms with Crippen molar-refractivity contribution in [2.24, 2.45) is 0 Å². The van der Waals surface area contributed by atoms with Crippen molar-refractivity contribution in [2.45, 2.75) is 44.6 Å². The molecule has 0 heterocycles. The molecular formula is C16H20INO3. The Kier molecular flexibility index (Phi) is 6.48. The van der Waals surface area contributed by atoms with Crippen LogP contribution >= 0.6 is 22.6 Å². The first-order valence-corrected chi connectivity index (χ1v) is 8.45. The van der Waals surface area contributed by atoms with Crippen LogP contribution in [0.5, 0.6) is 0 Å². The summed E-state index contributed by atoms with van der Waals surface area (Å²) >= 11 is 2.08. The number of rotatable bonds is 4. The van der Waals surface area contributed by atoms with Crippen LogP contribution in [0.1, 0.15) is 48.9 Å². The fourth-order valence-corrected chi connectivity index (χ4v) is 3.14. The van der Waals surface area contributed by atoms with Crippen molar-refractivity contribution in [3.8, 4) is 0 Å². The Hall–Kier alpha value is -1.11. The minimum Gasteiger partial charge on any atom is -0.452 e. The summed E-state index contributed by atoms with van der Waals surface area (Å²) in [6.45, 7) is -0.208. The van der Waals surface area contributed by atoms with Gasteiger partial charge in [0, 0.05) is 9.61 Å². The molecule has 0 radical (unpaired) electrons. The monoisotopic (exact) mass is 401 g/mol. The highest BCUT2D eigenvalue weighted by Gasteiger charge is 2.17. The smallest absolute Gasteiger partial charge is 0.339 e. The van der Waals surface area contributed by atoms with Gasteiger partial charge in [-0.15, -0.1) is 0 Å². The van der Waals surface area contributed by atoms with Crippen molar-refractivity contribution < 1.29 is 14.3 Å². The van der Waals surface area contributed by atoms with Crippen molar-refractivity contribution in [1.29, 1.82) is 0 Å². The first-order valence-electron chi connectivity index (χ1n) is 7.38. The summed E-state index contributed by atoms with van der Waals surface area (Å²) in [5, 5.41) is 2.96. The highest BCUT2D eigenvalue weighted by molar-refractivity contribution is 14.1. The predicted molar refractivity (Wildman–Crippen MR) is 89.1 cm³/mol. The third-order valence-electron chi connectivity index (χ3n) is 3.65. The first-order chi connectivity index (χ1) is 10.2. The molecule has 1 saturated carbocycles. The minimum atomic E-state index is -0.448. The van der Waals surface area contributed by atoms with E-state index >= 15 is 0 Å². The van der Waals surface area contributed by atoms with E-state index in [9.17, 15) is 9.59 Å². The van der Waals surface area contributed by atoms with Gasteiger partial charge in [0.15, 0.2) is 6.61 Å². The Morgan fingerprint density at radius 1 is 1.14 bits per heavy atom. The van der Waals surface area contributed by atoms with E-state index in [0.29, 0.717) is 5.56 Å². The lowest BCUT2D eigenvalue weighted by atomic mass is 10.1. The van der Waals surface area contributed by atoms with Crippen molar-refractivity contribution in [1.82, 2.24) is 5.32 Å². The number of benzene rings is 1. The van der Waals surface area contributed by atoms with E-state index < -0.39 is 5.97 Å². The summed E-state index contributed by atoms with van der Waals surface area (Å²) in [7, 11) is 0. The maximum atomic E-state index is 11.9. The van der Waals surface area contributed by atoms with Crippen LogP contribution in [0, 0.1) is 3.57 Å². The van der Waals surface area contributed by atoms with E-state index in [1.165, 1.54) is 12.8 Å². The number of ether oxygens (including phenoxy) is 1. The van der Waals surface area contributed by atoms with Crippen LogP contribution in [0.15, 0.2) is 24.3 Å². The van der Waals surface area contributed by atoms with E-state index in [1.54, 1.807) is 12.1 Å². The maximum Gasteiger partial charge on any atom is 0.339 e. The number of carbonyl (C=O) groups is 2. The lowest BCUT2D eigenvalue weighted by Gasteiger charge is -2.16. The van der Waals surface area contributed by atoms with Crippen LogP contribution in [0.3, 0.4) is 0 Å². The van der Waals surface area contributed by atoms with Crippen LogP contribution in [-0.4, -0.2) is 24.5 Å². The van der Waals surface area contributed by atoms with Crippen LogP contribution in [0.25, 0.3) is 0 Å². The molecular weight excluding hydrogens is 381 g/mol. The summed E-state index contributed by atoms with van der Waals surface area (Å²) in [6, 6.07) is 7.41. The lowest BCUT2D eigenvalue weighted by Crippen LogP contribution is -2.37. The molecule has 1 amide bonds. The molecule has 1 fully saturated rings. The second kappa shape index (κ2) is 8.36. The second-order valence-electron chi connectivity index (χ2n) is 5.31. The summed E-state index contributed by atoms with van der Waals surface area (Å²) in [6.07, 6.45) is 6.86. The zero-order valence-electron chi connectivity index (χ0n) is 11.9. The van der Waals surface area contributed by atoms with Crippen LogP contribution in [0.2, 0.25) is 0 Å². The van der Waals surface area contributed by atoms with Gasteiger partial charge in [0.1, 0.15) is 0 Å². The maximum absolute atomic E-state index is 11.9. The van der Waals surface area contributed by atoms with Crippen LogP contribution in [0.4, 0.5) is 0 Å². The average molecular weight is 401 g/mol. The SMILES string of the molecule is O=C(COC(=O)c1ccccc1I)NC1CCCCCC1. The molecule has 0 aromatic heterocycles. The molecule has 0 unspecified atom stereocenters. The van der Waals surface area contributed by atoms with Gasteiger partial charge in [-0.1, -0.05) is 37.8 Å². The zero-order valence-corrected chi connectivity index (χ0v) is 14.1. The number of hydrogen-bond acceptors (Lipinski definition) is 3. The number of nitrogens with one attached hydrogen (secondary N) is 1. The van der Waals surface area contributed by atoms with Gasteiger partial charge in [-0.3, -0.25) is 4.79 Å². The average Bonchev–Trinajstić information content (AvgIpc) is 2.74. The summed E-state index contributed by atoms with van der Waals surface area (Å²) in [5.41, 5.74) is 0.500. The van der Waals surface area contributed by atoms with Crippen LogP contribution < -0.4 is 5.32 Å². The number of esters is 1. The molecule has 1 aromatic carbocycles. The molecule has 1 aromatic rings. The molecule has 4 nitrogen and oxygen atoms in total. The summed E-state index contributed by atoms with van der Waals surface area (Å²) < 4.78 is 5.91. The third kappa shape index (κ3) is 5.30. The summed E-state index contributed by atoms with van der Waals surface area (Å²) in [4.78, 5) is 23.8. The van der Waals surface area contributed by atoms with Gasteiger partial charge in [-0.2, -0.15) is 0 Å². The van der Waals surface area contributed by atoms with Gasteiger partial charge < -0.3 is 10.1 Å². The van der Waals surface area contributed by atoms with Crippen LogP contribution in [-0.2, 0) is 9.53 Å². The Morgan fingerprint density at radius 2 is 1.81 bits per heavy atom. The van der Waals surface area contributed by atoms with Crippen molar-refractivity contribution in [2.75, 3.05) is 6.61 Å². The van der Waals surface area contributed by atoms with Gasteiger partial charge in [-0.25, -0.2) is 4.79 Å². The van der Waals surface area contributed by atoms with Crippen molar-refractivity contribution in [3.63, 3.8) is 0 Å². The Bertz CT molecular complexity index is 496. The molecule has 1 aliphatic rings. The van der Waals surface area contributed by atoms with Gasteiger partial charge in [0.2, 0.25) is 0 Å². The van der Waals surface area contributed by atoms with E-state index in [4.69, 9.17) is 4.74 Å². The fourth-order valence-electron chi connectivity index (χ4n) is 2.53. The molecule has 0 saturated heterocycles. The second-order valence-corrected chi connectivity index (χ2v) is 6.47. The molecule has 1 aliphatic carbocycles. The van der Waals surface area contributed by atoms with Crippen molar-refractivity contribution >= 4 is 34.5 Å². The number of halogens is 1. The number of hydrogen-bond donors (Lipinski definition) is 1. The van der Waals surface area contributed by atoms with E-state index in [1.807, 2.05) is 12.1 Å². The van der Waals surface area contributed by atoms with Gasteiger partial charge >= 0.3 is 5.97 Å². The Balaban J connectivity index is 1.78. The molecule has 0 atom stereocenters. The highest BCUT2D eigenvalue weighted by Crippen LogP contribution is 2.17. The molecule has 0 bridgehead atoms. The molecule has 0 aliphatic heterocycles. The van der Waals surface area contributed by atoms with Gasteiger partial charge in [-0.05, 0) is 47.6 Å². The minimum absolute atomic E-state index is 0.207. The number of carbonyl (C=O) groups excluding carboxylic acids is 2. The topological polar surface area (TPSA) is 55.4 Å². The standard InChI is InChI=1S/C16H20INO3/c17-14-10-6-5-9-13(14)16(20)21-11-15(19)18-12-7-3-1-2-4-8-12/h5-6,9-10,12H,1-4,7-8,11H2,(H,18,19). The Morgan fingerprint density at radius 3 is 2.48 bits per heavy atom. The Labute approximate surface area is 138 Å². The molecule has 0 spiro atoms.